The molecular formula is C25H20N2O3. The van der Waals surface area contributed by atoms with Crippen molar-refractivity contribution in [1.82, 2.24) is 0 Å². The van der Waals surface area contributed by atoms with Crippen LogP contribution < -0.4 is 4.90 Å². The van der Waals surface area contributed by atoms with Crippen LogP contribution >= 0.6 is 0 Å². The molecule has 0 radical (unpaired) electrons. The SMILES string of the molecule is O=C(c1ccccc1)[C@@H]1[C@H](c2ccccc2)[C@@H]([N+](=O)[O-])[C@H]2C=Cc3ccccc3N21. The molecule has 0 unspecified atom stereocenters. The Balaban J connectivity index is 1.73. The number of para-hydroxylation sites is 1. The molecule has 2 heterocycles. The van der Waals surface area contributed by atoms with Crippen molar-refractivity contribution in [1.29, 1.82) is 0 Å². The Kier molecular flexibility index (Phi) is 4.43. The van der Waals surface area contributed by atoms with Gasteiger partial charge in [-0.1, -0.05) is 91.0 Å². The van der Waals surface area contributed by atoms with Crippen LogP contribution in [-0.2, 0) is 0 Å². The monoisotopic (exact) mass is 396 g/mol. The quantitative estimate of drug-likeness (QED) is 0.368. The van der Waals surface area contributed by atoms with Gasteiger partial charge in [0.2, 0.25) is 6.04 Å². The number of ketones is 1. The number of nitrogens with zero attached hydrogens (tertiary/aromatic N) is 2. The van der Waals surface area contributed by atoms with Gasteiger partial charge in [-0.25, -0.2) is 0 Å². The smallest absolute Gasteiger partial charge is 0.245 e. The van der Waals surface area contributed by atoms with Crippen molar-refractivity contribution in [2.24, 2.45) is 0 Å². The van der Waals surface area contributed by atoms with Crippen molar-refractivity contribution < 1.29 is 9.72 Å². The maximum atomic E-state index is 13.8. The lowest BCUT2D eigenvalue weighted by molar-refractivity contribution is -0.524. The zero-order valence-electron chi connectivity index (χ0n) is 16.2. The van der Waals surface area contributed by atoms with Crippen LogP contribution in [0, 0.1) is 10.1 Å². The molecule has 4 atom stereocenters. The second-order valence-electron chi connectivity index (χ2n) is 7.70. The van der Waals surface area contributed by atoms with Gasteiger partial charge in [0.05, 0.1) is 5.92 Å². The van der Waals surface area contributed by atoms with E-state index in [9.17, 15) is 14.9 Å². The van der Waals surface area contributed by atoms with E-state index in [1.54, 1.807) is 12.1 Å². The summed E-state index contributed by atoms with van der Waals surface area (Å²) >= 11 is 0. The van der Waals surface area contributed by atoms with Crippen LogP contribution in [-0.4, -0.2) is 28.8 Å². The number of hydrogen-bond acceptors (Lipinski definition) is 4. The van der Waals surface area contributed by atoms with Gasteiger partial charge in [0.25, 0.3) is 0 Å². The van der Waals surface area contributed by atoms with E-state index < -0.39 is 24.0 Å². The number of fused-ring (bicyclic) bond motifs is 3. The molecule has 0 aliphatic carbocycles. The summed E-state index contributed by atoms with van der Waals surface area (Å²) in [4.78, 5) is 27.8. The first-order chi connectivity index (χ1) is 14.7. The summed E-state index contributed by atoms with van der Waals surface area (Å²) < 4.78 is 0. The molecule has 0 saturated carbocycles. The van der Waals surface area contributed by atoms with Crippen LogP contribution in [0.4, 0.5) is 5.69 Å². The van der Waals surface area contributed by atoms with Crippen molar-refractivity contribution in [2.45, 2.75) is 24.0 Å². The number of carbonyl (C=O) groups excluding carboxylic acids is 1. The number of benzene rings is 3. The Morgan fingerprint density at radius 3 is 2.20 bits per heavy atom. The highest BCUT2D eigenvalue weighted by Crippen LogP contribution is 2.46. The number of hydrogen-bond donors (Lipinski definition) is 0. The van der Waals surface area contributed by atoms with Gasteiger partial charge >= 0.3 is 0 Å². The van der Waals surface area contributed by atoms with Crippen molar-refractivity contribution in [3.63, 3.8) is 0 Å². The molecule has 0 bridgehead atoms. The average molecular weight is 396 g/mol. The summed E-state index contributed by atoms with van der Waals surface area (Å²) in [5.74, 6) is -0.654. The van der Waals surface area contributed by atoms with Crippen LogP contribution in [0.5, 0.6) is 0 Å². The Morgan fingerprint density at radius 1 is 0.867 bits per heavy atom. The highest BCUT2D eigenvalue weighted by atomic mass is 16.6. The van der Waals surface area contributed by atoms with E-state index >= 15 is 0 Å². The highest BCUT2D eigenvalue weighted by molar-refractivity contribution is 6.04. The number of rotatable bonds is 4. The zero-order valence-corrected chi connectivity index (χ0v) is 16.2. The Hall–Kier alpha value is -3.73. The molecule has 0 amide bonds. The molecule has 3 aromatic carbocycles. The van der Waals surface area contributed by atoms with Gasteiger partial charge in [0.15, 0.2) is 5.78 Å². The maximum Gasteiger partial charge on any atom is 0.245 e. The fraction of sp³-hybridized carbons (Fsp3) is 0.160. The second-order valence-corrected chi connectivity index (χ2v) is 7.70. The van der Waals surface area contributed by atoms with E-state index in [-0.39, 0.29) is 10.7 Å². The lowest BCUT2D eigenvalue weighted by Crippen LogP contribution is -2.44. The van der Waals surface area contributed by atoms with E-state index in [0.29, 0.717) is 5.56 Å². The van der Waals surface area contributed by atoms with E-state index in [0.717, 1.165) is 16.8 Å². The zero-order chi connectivity index (χ0) is 20.7. The Morgan fingerprint density at radius 2 is 1.50 bits per heavy atom. The number of nitro groups is 1. The minimum absolute atomic E-state index is 0.0936. The highest BCUT2D eigenvalue weighted by Gasteiger charge is 2.58. The molecule has 2 aliphatic heterocycles. The standard InChI is InChI=1S/C25H20N2O3/c28-25(19-12-5-2-6-13-19)24-22(18-10-3-1-4-11-18)23(27(29)30)21-16-15-17-9-7-8-14-20(17)26(21)24/h1-16,21-24H/t21-,22-,23+,24+/m1/s1. The van der Waals surface area contributed by atoms with Gasteiger partial charge < -0.3 is 4.90 Å². The van der Waals surface area contributed by atoms with Gasteiger partial charge in [0, 0.05) is 16.2 Å². The van der Waals surface area contributed by atoms with Gasteiger partial charge in [-0.3, -0.25) is 14.9 Å². The first-order valence-electron chi connectivity index (χ1n) is 10.00. The number of carbonyl (C=O) groups is 1. The molecule has 5 rings (SSSR count). The van der Waals surface area contributed by atoms with E-state index in [1.807, 2.05) is 89.8 Å². The maximum absolute atomic E-state index is 13.8. The lowest BCUT2D eigenvalue weighted by atomic mass is 9.84. The molecule has 0 aromatic heterocycles. The molecule has 0 N–H and O–H groups in total. The molecule has 2 aliphatic rings. The van der Waals surface area contributed by atoms with Crippen LogP contribution in [0.25, 0.3) is 6.08 Å². The molecule has 5 heteroatoms. The molecular weight excluding hydrogens is 376 g/mol. The van der Waals surface area contributed by atoms with Crippen LogP contribution in [0.1, 0.15) is 27.4 Å². The molecule has 5 nitrogen and oxygen atoms in total. The normalized spacial score (nSPS) is 24.2. The molecule has 3 aromatic rings. The van der Waals surface area contributed by atoms with Crippen molar-refractivity contribution >= 4 is 17.5 Å². The summed E-state index contributed by atoms with van der Waals surface area (Å²) in [7, 11) is 0. The molecule has 148 valence electrons. The van der Waals surface area contributed by atoms with Gasteiger partial charge in [0.1, 0.15) is 12.1 Å². The molecule has 30 heavy (non-hydrogen) atoms. The van der Waals surface area contributed by atoms with Crippen molar-refractivity contribution in [3.05, 3.63) is 118 Å². The third kappa shape index (κ3) is 2.82. The average Bonchev–Trinajstić information content (AvgIpc) is 3.16. The first-order valence-corrected chi connectivity index (χ1v) is 10.00. The molecule has 1 fully saturated rings. The minimum Gasteiger partial charge on any atom is -0.346 e. The van der Waals surface area contributed by atoms with Crippen molar-refractivity contribution in [2.75, 3.05) is 4.90 Å². The van der Waals surface area contributed by atoms with Crippen molar-refractivity contribution in [3.8, 4) is 0 Å². The second kappa shape index (κ2) is 7.26. The van der Waals surface area contributed by atoms with Gasteiger partial charge in [-0.15, -0.1) is 0 Å². The van der Waals surface area contributed by atoms with Crippen LogP contribution in [0.15, 0.2) is 91.0 Å². The summed E-state index contributed by atoms with van der Waals surface area (Å²) in [6, 6.07) is 24.2. The molecule has 1 saturated heterocycles. The fourth-order valence-electron chi connectivity index (χ4n) is 4.88. The first kappa shape index (κ1) is 18.3. The summed E-state index contributed by atoms with van der Waals surface area (Å²) in [5, 5.41) is 12.3. The van der Waals surface area contributed by atoms with E-state index in [2.05, 4.69) is 0 Å². The third-order valence-electron chi connectivity index (χ3n) is 6.12. The minimum atomic E-state index is -0.922. The summed E-state index contributed by atoms with van der Waals surface area (Å²) in [6.45, 7) is 0. The largest absolute Gasteiger partial charge is 0.346 e. The lowest BCUT2D eigenvalue weighted by Gasteiger charge is -2.34. The predicted molar refractivity (Wildman–Crippen MR) is 116 cm³/mol. The summed E-state index contributed by atoms with van der Waals surface area (Å²) in [6.07, 6.45) is 3.81. The van der Waals surface area contributed by atoms with Crippen LogP contribution in [0.2, 0.25) is 0 Å². The third-order valence-corrected chi connectivity index (χ3v) is 6.12. The summed E-state index contributed by atoms with van der Waals surface area (Å²) in [5.41, 5.74) is 3.21. The van der Waals surface area contributed by atoms with Crippen LogP contribution in [0.3, 0.4) is 0 Å². The predicted octanol–water partition coefficient (Wildman–Crippen LogP) is 4.58. The Labute approximate surface area is 174 Å². The fourth-order valence-corrected chi connectivity index (χ4v) is 4.88. The van der Waals surface area contributed by atoms with E-state index in [4.69, 9.17) is 0 Å². The number of Topliss-reactive ketones (excluding diaryl/α,β-unsaturated/α-hetero) is 1. The van der Waals surface area contributed by atoms with Gasteiger partial charge in [-0.05, 0) is 17.2 Å². The topological polar surface area (TPSA) is 63.4 Å². The van der Waals surface area contributed by atoms with Gasteiger partial charge in [-0.2, -0.15) is 0 Å². The Bertz CT molecular complexity index is 1130. The van der Waals surface area contributed by atoms with E-state index in [1.165, 1.54) is 0 Å². The number of anilines is 1. The molecule has 0 spiro atoms.